The Labute approximate surface area is 222 Å². The third-order valence-electron chi connectivity index (χ3n) is 7.60. The zero-order chi connectivity index (χ0) is 25.5. The lowest BCUT2D eigenvalue weighted by Gasteiger charge is -2.43. The van der Waals surface area contributed by atoms with E-state index in [0.29, 0.717) is 42.8 Å². The van der Waals surface area contributed by atoms with Gasteiger partial charge in [-0.25, -0.2) is 0 Å². The molecule has 0 saturated carbocycles. The molecule has 194 valence electrons. The van der Waals surface area contributed by atoms with E-state index in [1.54, 1.807) is 7.11 Å². The minimum absolute atomic E-state index is 0.215. The van der Waals surface area contributed by atoms with Crippen LogP contribution >= 0.6 is 11.6 Å². The number of benzene rings is 2. The average Bonchev–Trinajstić information content (AvgIpc) is 3.15. The first kappa shape index (κ1) is 24.2. The molecule has 0 saturated heterocycles. The molecule has 0 fully saturated rings. The summed E-state index contributed by atoms with van der Waals surface area (Å²) < 4.78 is 23.6. The van der Waals surface area contributed by atoms with Gasteiger partial charge in [0, 0.05) is 47.8 Å². The van der Waals surface area contributed by atoms with Crippen LogP contribution in [0, 0.1) is 0 Å². The number of rotatable bonds is 5. The van der Waals surface area contributed by atoms with E-state index in [2.05, 4.69) is 30.0 Å². The van der Waals surface area contributed by atoms with Gasteiger partial charge in [0.05, 0.1) is 32.0 Å². The molecular weight excluding hydrogens is 490 g/mol. The van der Waals surface area contributed by atoms with Crippen LogP contribution in [0.25, 0.3) is 5.70 Å². The minimum Gasteiger partial charge on any atom is -0.493 e. The van der Waals surface area contributed by atoms with Crippen LogP contribution in [0.5, 0.6) is 23.0 Å². The number of carbonyl (C=O) groups is 1. The molecule has 0 unspecified atom stereocenters. The molecule has 0 radical (unpaired) electrons. The van der Waals surface area contributed by atoms with Crippen molar-refractivity contribution in [3.63, 3.8) is 0 Å². The normalized spacial score (nSPS) is 20.4. The highest BCUT2D eigenvalue weighted by atomic mass is 35.5. The van der Waals surface area contributed by atoms with Crippen LogP contribution in [-0.2, 0) is 11.2 Å². The van der Waals surface area contributed by atoms with Crippen molar-refractivity contribution in [2.75, 3.05) is 33.5 Å². The van der Waals surface area contributed by atoms with Crippen LogP contribution in [-0.4, -0.2) is 44.2 Å². The van der Waals surface area contributed by atoms with Gasteiger partial charge in [0.2, 0.25) is 0 Å². The zero-order valence-electron chi connectivity index (χ0n) is 21.4. The molecule has 2 aromatic carbocycles. The topological polar surface area (TPSA) is 57.2 Å². The number of nitrogens with zero attached hydrogens (tertiary/aromatic N) is 1. The van der Waals surface area contributed by atoms with Crippen molar-refractivity contribution in [1.82, 2.24) is 4.90 Å². The second kappa shape index (κ2) is 9.97. The summed E-state index contributed by atoms with van der Waals surface area (Å²) in [5.74, 6) is 2.74. The number of Topliss-reactive ketones (excluding diaryl/α,β-unsaturated/α-hetero) is 1. The third kappa shape index (κ3) is 4.25. The Morgan fingerprint density at radius 1 is 1.05 bits per heavy atom. The van der Waals surface area contributed by atoms with Crippen LogP contribution in [0.4, 0.5) is 0 Å². The fourth-order valence-corrected chi connectivity index (χ4v) is 6.18. The van der Waals surface area contributed by atoms with Gasteiger partial charge < -0.3 is 23.8 Å². The van der Waals surface area contributed by atoms with Crippen molar-refractivity contribution in [2.24, 2.45) is 0 Å². The van der Waals surface area contributed by atoms with Crippen molar-refractivity contribution in [3.05, 3.63) is 63.3 Å². The van der Waals surface area contributed by atoms with Crippen LogP contribution in [0.3, 0.4) is 0 Å². The van der Waals surface area contributed by atoms with Crippen molar-refractivity contribution in [1.29, 1.82) is 0 Å². The number of ketones is 1. The van der Waals surface area contributed by atoms with Crippen LogP contribution in [0.2, 0.25) is 5.02 Å². The predicted molar refractivity (Wildman–Crippen MR) is 143 cm³/mol. The molecule has 0 bridgehead atoms. The second-order valence-corrected chi connectivity index (χ2v) is 10.4. The standard InChI is InChI=1S/C30H32ClNO5/c1-3-10-37-30-22(31)13-19(15-28(30)34-2)21-16-24-20-17-27-26(35-11-5-12-36-27)14-18(20)8-9-32(24)23-6-4-7-25(33)29(21)23/h13-17,21H,3-12H2,1-2H3/t21-/m0/s1. The molecule has 3 aliphatic heterocycles. The largest absolute Gasteiger partial charge is 0.493 e. The van der Waals surface area contributed by atoms with E-state index >= 15 is 0 Å². The van der Waals surface area contributed by atoms with Crippen molar-refractivity contribution < 1.29 is 23.7 Å². The molecule has 4 aliphatic rings. The maximum atomic E-state index is 13.4. The number of fused-ring (bicyclic) bond motifs is 5. The highest BCUT2D eigenvalue weighted by Crippen LogP contribution is 2.50. The first-order valence-corrected chi connectivity index (χ1v) is 13.7. The van der Waals surface area contributed by atoms with E-state index in [0.717, 1.165) is 78.2 Å². The quantitative estimate of drug-likeness (QED) is 0.460. The average molecular weight is 522 g/mol. The summed E-state index contributed by atoms with van der Waals surface area (Å²) in [6, 6.07) is 8.16. The number of hydrogen-bond donors (Lipinski definition) is 0. The molecule has 1 atom stereocenters. The molecule has 7 heteroatoms. The Balaban J connectivity index is 1.49. The number of allylic oxidation sites excluding steroid dienone is 3. The van der Waals surface area contributed by atoms with Gasteiger partial charge in [-0.3, -0.25) is 4.79 Å². The molecule has 0 aromatic heterocycles. The lowest BCUT2D eigenvalue weighted by Crippen LogP contribution is -2.36. The second-order valence-electron chi connectivity index (χ2n) is 9.96. The summed E-state index contributed by atoms with van der Waals surface area (Å²) in [5, 5.41) is 0.494. The van der Waals surface area contributed by atoms with E-state index in [4.69, 9.17) is 30.5 Å². The number of halogens is 1. The summed E-state index contributed by atoms with van der Waals surface area (Å²) in [7, 11) is 1.62. The van der Waals surface area contributed by atoms with Gasteiger partial charge in [0.15, 0.2) is 28.8 Å². The number of ether oxygens (including phenoxy) is 4. The summed E-state index contributed by atoms with van der Waals surface area (Å²) in [4.78, 5) is 15.7. The van der Waals surface area contributed by atoms with Gasteiger partial charge in [-0.05, 0) is 67.2 Å². The van der Waals surface area contributed by atoms with Gasteiger partial charge in [-0.2, -0.15) is 0 Å². The van der Waals surface area contributed by atoms with Gasteiger partial charge in [-0.15, -0.1) is 0 Å². The van der Waals surface area contributed by atoms with Crippen LogP contribution in [0.1, 0.15) is 61.6 Å². The van der Waals surface area contributed by atoms with E-state index < -0.39 is 0 Å². The van der Waals surface area contributed by atoms with Gasteiger partial charge in [-0.1, -0.05) is 18.5 Å². The highest BCUT2D eigenvalue weighted by Gasteiger charge is 2.38. The number of hydrogen-bond acceptors (Lipinski definition) is 6. The molecular formula is C30H32ClNO5. The molecule has 0 spiro atoms. The summed E-state index contributed by atoms with van der Waals surface area (Å²) >= 11 is 6.73. The lowest BCUT2D eigenvalue weighted by molar-refractivity contribution is -0.116. The zero-order valence-corrected chi connectivity index (χ0v) is 22.2. The van der Waals surface area contributed by atoms with E-state index in [-0.39, 0.29) is 11.7 Å². The lowest BCUT2D eigenvalue weighted by atomic mass is 9.77. The SMILES string of the molecule is CCCOc1c(Cl)cc([C@@H]2C=C3c4cc5c(cc4CCN3C3=C2C(=O)CCC3)OCCCO5)cc1OC. The first-order chi connectivity index (χ1) is 18.1. The molecule has 0 N–H and O–H groups in total. The maximum absolute atomic E-state index is 13.4. The predicted octanol–water partition coefficient (Wildman–Crippen LogP) is 6.30. The van der Waals surface area contributed by atoms with Crippen LogP contribution < -0.4 is 18.9 Å². The van der Waals surface area contributed by atoms with Crippen molar-refractivity contribution >= 4 is 23.1 Å². The molecule has 3 heterocycles. The first-order valence-electron chi connectivity index (χ1n) is 13.3. The van der Waals surface area contributed by atoms with Gasteiger partial charge >= 0.3 is 0 Å². The Morgan fingerprint density at radius 2 is 1.86 bits per heavy atom. The number of methoxy groups -OCH3 is 1. The van der Waals surface area contributed by atoms with Gasteiger partial charge in [0.25, 0.3) is 0 Å². The maximum Gasteiger partial charge on any atom is 0.179 e. The summed E-state index contributed by atoms with van der Waals surface area (Å²) in [6.07, 6.45) is 7.19. The molecule has 2 aromatic rings. The number of carbonyl (C=O) groups excluding carboxylic acids is 1. The summed E-state index contributed by atoms with van der Waals surface area (Å²) in [5.41, 5.74) is 6.46. The molecule has 0 amide bonds. The third-order valence-corrected chi connectivity index (χ3v) is 7.88. The Morgan fingerprint density at radius 3 is 2.65 bits per heavy atom. The van der Waals surface area contributed by atoms with E-state index in [1.165, 1.54) is 5.56 Å². The minimum atomic E-state index is -0.220. The van der Waals surface area contributed by atoms with E-state index in [1.807, 2.05) is 12.1 Å². The monoisotopic (exact) mass is 521 g/mol. The Hall–Kier alpha value is -3.12. The van der Waals surface area contributed by atoms with Crippen LogP contribution in [0.15, 0.2) is 41.6 Å². The Bertz CT molecular complexity index is 1310. The smallest absolute Gasteiger partial charge is 0.179 e. The molecule has 1 aliphatic carbocycles. The fraction of sp³-hybridized carbons (Fsp3) is 0.433. The van der Waals surface area contributed by atoms with E-state index in [9.17, 15) is 4.79 Å². The van der Waals surface area contributed by atoms with Gasteiger partial charge in [0.1, 0.15) is 0 Å². The highest BCUT2D eigenvalue weighted by molar-refractivity contribution is 6.32. The molecule has 6 rings (SSSR count). The fourth-order valence-electron chi connectivity index (χ4n) is 5.90. The van der Waals surface area contributed by atoms with Crippen molar-refractivity contribution in [3.8, 4) is 23.0 Å². The molecule has 6 nitrogen and oxygen atoms in total. The molecule has 37 heavy (non-hydrogen) atoms. The Kier molecular flexibility index (Phi) is 6.53. The van der Waals surface area contributed by atoms with Crippen molar-refractivity contribution in [2.45, 2.75) is 51.4 Å². The summed E-state index contributed by atoms with van der Waals surface area (Å²) in [6.45, 7) is 4.76.